The standard InChI is InChI=1S/C28H48O/c1-18(2)8-7-9-19(3)22-12-13-24-21-10-11-23-20(4)26(29)15-17-28(23,6)25(21)14-16-27(22,24)5/h18-19,21-26,29H,4,7-17H2,1-3,5-6H3/t19-,21+,22-,23?,24+,25+,26?,27-,28+/m1/s1. The van der Waals surface area contributed by atoms with E-state index in [1.165, 1.54) is 69.8 Å². The van der Waals surface area contributed by atoms with Crippen molar-refractivity contribution in [3.8, 4) is 0 Å². The lowest BCUT2D eigenvalue weighted by Crippen LogP contribution is -2.54. The Morgan fingerprint density at radius 2 is 1.59 bits per heavy atom. The zero-order valence-corrected chi connectivity index (χ0v) is 20.1. The van der Waals surface area contributed by atoms with Gasteiger partial charge in [0, 0.05) is 0 Å². The maximum atomic E-state index is 10.4. The molecule has 29 heavy (non-hydrogen) atoms. The van der Waals surface area contributed by atoms with E-state index in [1.54, 1.807) is 0 Å². The summed E-state index contributed by atoms with van der Waals surface area (Å²) >= 11 is 0. The Bertz CT molecular complexity index is 607. The molecule has 4 aliphatic rings. The van der Waals surface area contributed by atoms with E-state index < -0.39 is 0 Å². The predicted octanol–water partition coefficient (Wildman–Crippen LogP) is 7.63. The third-order valence-corrected chi connectivity index (χ3v) is 10.9. The first kappa shape index (κ1) is 21.9. The first-order valence-corrected chi connectivity index (χ1v) is 13.0. The Balaban J connectivity index is 1.48. The number of aliphatic hydroxyl groups excluding tert-OH is 1. The van der Waals surface area contributed by atoms with Crippen molar-refractivity contribution in [1.29, 1.82) is 0 Å². The third kappa shape index (κ3) is 3.56. The maximum Gasteiger partial charge on any atom is 0.0750 e. The molecule has 4 saturated carbocycles. The second-order valence-corrected chi connectivity index (χ2v) is 12.7. The van der Waals surface area contributed by atoms with Crippen LogP contribution in [0.4, 0.5) is 0 Å². The van der Waals surface area contributed by atoms with Crippen LogP contribution in [0.2, 0.25) is 0 Å². The van der Waals surface area contributed by atoms with E-state index >= 15 is 0 Å². The second-order valence-electron chi connectivity index (χ2n) is 12.7. The molecule has 0 spiro atoms. The Kier molecular flexibility index (Phi) is 6.04. The zero-order chi connectivity index (χ0) is 21.0. The van der Waals surface area contributed by atoms with Gasteiger partial charge in [0.15, 0.2) is 0 Å². The fourth-order valence-corrected chi connectivity index (χ4v) is 9.31. The van der Waals surface area contributed by atoms with Crippen molar-refractivity contribution < 1.29 is 5.11 Å². The fraction of sp³-hybridized carbons (Fsp3) is 0.929. The van der Waals surface area contributed by atoms with Crippen LogP contribution in [0.5, 0.6) is 0 Å². The van der Waals surface area contributed by atoms with Crippen LogP contribution in [0, 0.1) is 52.3 Å². The molecule has 0 aliphatic heterocycles. The quantitative estimate of drug-likeness (QED) is 0.470. The van der Waals surface area contributed by atoms with Gasteiger partial charge in [0.25, 0.3) is 0 Å². The molecular weight excluding hydrogens is 352 g/mol. The van der Waals surface area contributed by atoms with Crippen LogP contribution >= 0.6 is 0 Å². The molecular formula is C28H48O. The molecule has 166 valence electrons. The molecule has 0 aromatic rings. The van der Waals surface area contributed by atoms with Crippen LogP contribution in [0.3, 0.4) is 0 Å². The molecule has 4 rings (SSSR count). The van der Waals surface area contributed by atoms with Crippen LogP contribution in [-0.2, 0) is 0 Å². The van der Waals surface area contributed by atoms with Gasteiger partial charge in [-0.15, -0.1) is 0 Å². The lowest BCUT2D eigenvalue weighted by Gasteiger charge is -2.61. The van der Waals surface area contributed by atoms with Crippen LogP contribution < -0.4 is 0 Å². The number of rotatable bonds is 5. The highest BCUT2D eigenvalue weighted by Gasteiger charge is 2.61. The highest BCUT2D eigenvalue weighted by molar-refractivity contribution is 5.20. The molecule has 0 bridgehead atoms. The molecule has 4 fully saturated rings. The summed E-state index contributed by atoms with van der Waals surface area (Å²) in [4.78, 5) is 0. The summed E-state index contributed by atoms with van der Waals surface area (Å²) in [6.45, 7) is 17.0. The number of aliphatic hydroxyl groups is 1. The number of fused-ring (bicyclic) bond motifs is 5. The van der Waals surface area contributed by atoms with Gasteiger partial charge in [-0.05, 0) is 109 Å². The van der Waals surface area contributed by atoms with Crippen molar-refractivity contribution >= 4 is 0 Å². The van der Waals surface area contributed by atoms with Crippen molar-refractivity contribution in [3.05, 3.63) is 12.2 Å². The minimum atomic E-state index is -0.235. The molecule has 1 heteroatoms. The number of hydrogen-bond donors (Lipinski definition) is 1. The summed E-state index contributed by atoms with van der Waals surface area (Å²) in [5, 5.41) is 10.4. The largest absolute Gasteiger partial charge is 0.389 e. The zero-order valence-electron chi connectivity index (χ0n) is 20.1. The molecule has 0 amide bonds. The molecule has 0 aromatic heterocycles. The van der Waals surface area contributed by atoms with Crippen LogP contribution in [-0.4, -0.2) is 11.2 Å². The Labute approximate surface area is 181 Å². The van der Waals surface area contributed by atoms with Crippen LogP contribution in [0.25, 0.3) is 0 Å². The summed E-state index contributed by atoms with van der Waals surface area (Å²) in [7, 11) is 0. The Morgan fingerprint density at radius 3 is 2.31 bits per heavy atom. The molecule has 9 atom stereocenters. The molecule has 2 unspecified atom stereocenters. The van der Waals surface area contributed by atoms with Gasteiger partial charge >= 0.3 is 0 Å². The average Bonchev–Trinajstić information content (AvgIpc) is 3.02. The average molecular weight is 401 g/mol. The predicted molar refractivity (Wildman–Crippen MR) is 124 cm³/mol. The van der Waals surface area contributed by atoms with Gasteiger partial charge in [-0.25, -0.2) is 0 Å². The topological polar surface area (TPSA) is 20.2 Å². The first-order valence-electron chi connectivity index (χ1n) is 13.0. The van der Waals surface area contributed by atoms with E-state index in [1.807, 2.05) is 0 Å². The summed E-state index contributed by atoms with van der Waals surface area (Å²) in [5.41, 5.74) is 2.17. The van der Waals surface area contributed by atoms with Gasteiger partial charge in [-0.2, -0.15) is 0 Å². The van der Waals surface area contributed by atoms with Crippen molar-refractivity contribution in [1.82, 2.24) is 0 Å². The normalized spacial score (nSPS) is 48.2. The van der Waals surface area contributed by atoms with Crippen molar-refractivity contribution in [3.63, 3.8) is 0 Å². The van der Waals surface area contributed by atoms with E-state index in [-0.39, 0.29) is 6.10 Å². The Morgan fingerprint density at radius 1 is 0.897 bits per heavy atom. The highest BCUT2D eigenvalue weighted by atomic mass is 16.3. The van der Waals surface area contributed by atoms with Gasteiger partial charge in [0.1, 0.15) is 0 Å². The lowest BCUT2D eigenvalue weighted by atomic mass is 9.44. The highest BCUT2D eigenvalue weighted by Crippen LogP contribution is 2.68. The van der Waals surface area contributed by atoms with E-state index in [9.17, 15) is 5.11 Å². The van der Waals surface area contributed by atoms with Gasteiger partial charge in [-0.1, -0.05) is 60.5 Å². The summed E-state index contributed by atoms with van der Waals surface area (Å²) in [5.74, 6) is 6.04. The van der Waals surface area contributed by atoms with Gasteiger partial charge in [-0.3, -0.25) is 0 Å². The van der Waals surface area contributed by atoms with Gasteiger partial charge in [0.2, 0.25) is 0 Å². The minimum absolute atomic E-state index is 0.235. The fourth-order valence-electron chi connectivity index (χ4n) is 9.31. The van der Waals surface area contributed by atoms with Gasteiger partial charge < -0.3 is 5.11 Å². The second kappa shape index (κ2) is 7.99. The Hall–Kier alpha value is -0.300. The van der Waals surface area contributed by atoms with Crippen molar-refractivity contribution in [2.75, 3.05) is 0 Å². The van der Waals surface area contributed by atoms with E-state index in [0.29, 0.717) is 16.7 Å². The van der Waals surface area contributed by atoms with E-state index in [4.69, 9.17) is 0 Å². The summed E-state index contributed by atoms with van der Waals surface area (Å²) in [6, 6.07) is 0. The third-order valence-electron chi connectivity index (χ3n) is 10.9. The number of hydrogen-bond acceptors (Lipinski definition) is 1. The molecule has 4 aliphatic carbocycles. The molecule has 1 nitrogen and oxygen atoms in total. The molecule has 0 radical (unpaired) electrons. The smallest absolute Gasteiger partial charge is 0.0750 e. The molecule has 0 saturated heterocycles. The monoisotopic (exact) mass is 400 g/mol. The molecule has 1 N–H and O–H groups in total. The molecule has 0 aromatic carbocycles. The summed E-state index contributed by atoms with van der Waals surface area (Å²) in [6.07, 6.45) is 14.7. The molecule has 0 heterocycles. The van der Waals surface area contributed by atoms with E-state index in [0.717, 1.165) is 41.9 Å². The lowest BCUT2D eigenvalue weighted by molar-refractivity contribution is -0.111. The maximum absolute atomic E-state index is 10.4. The summed E-state index contributed by atoms with van der Waals surface area (Å²) < 4.78 is 0. The first-order chi connectivity index (χ1) is 13.7. The van der Waals surface area contributed by atoms with Gasteiger partial charge in [0.05, 0.1) is 6.10 Å². The minimum Gasteiger partial charge on any atom is -0.389 e. The van der Waals surface area contributed by atoms with Crippen molar-refractivity contribution in [2.45, 2.75) is 111 Å². The van der Waals surface area contributed by atoms with Crippen molar-refractivity contribution in [2.24, 2.45) is 52.3 Å². The van der Waals surface area contributed by atoms with Crippen LogP contribution in [0.1, 0.15) is 105 Å². The van der Waals surface area contributed by atoms with Crippen LogP contribution in [0.15, 0.2) is 12.2 Å². The van der Waals surface area contributed by atoms with E-state index in [2.05, 4.69) is 41.2 Å². The SMILES string of the molecule is C=C1C(O)CC[C@@]2(C)C1CC[C@H]1[C@@H]3CC[C@H]([C@H](C)CCCC(C)C)[C@@]3(C)CC[C@@H]12.